The Kier molecular flexibility index (Phi) is 8.36. The number of β-lactam (4-membered cyclic amide) rings is 1. The number of benzene rings is 1. The van der Waals surface area contributed by atoms with Crippen LogP contribution in [0.15, 0.2) is 24.3 Å². The van der Waals surface area contributed by atoms with Gasteiger partial charge in [-0.15, -0.1) is 5.10 Å². The average molecular weight is 554 g/mol. The van der Waals surface area contributed by atoms with E-state index in [0.29, 0.717) is 5.56 Å². The molecule has 3 rings (SSSR count). The Morgan fingerprint density at radius 1 is 1.26 bits per heavy atom. The molecule has 39 heavy (non-hydrogen) atoms. The van der Waals surface area contributed by atoms with Crippen LogP contribution in [-0.2, 0) is 43.2 Å². The maximum atomic E-state index is 12.9. The number of nitro groups is 1. The first-order valence-electron chi connectivity index (χ1n) is 11.2. The SMILES string of the molecule is C[C@@H](NC(=O)Cn1nnnc1C(F)(F)F)C1C(=O)NC1[C@@H](C)C(=O)C(=N)C(=O)OCc1ccc([N+](=O)[O-])cc1. The Hall–Kier alpha value is -4.77. The van der Waals surface area contributed by atoms with Crippen molar-refractivity contribution in [3.8, 4) is 0 Å². The maximum Gasteiger partial charge on any atom is 0.453 e. The number of rotatable bonds is 11. The van der Waals surface area contributed by atoms with Gasteiger partial charge in [-0.2, -0.15) is 13.2 Å². The molecule has 3 N–H and O–H groups in total. The molecule has 0 aliphatic carbocycles. The maximum absolute atomic E-state index is 12.9. The van der Waals surface area contributed by atoms with Gasteiger partial charge in [0.15, 0.2) is 11.5 Å². The number of ether oxygens (including phenoxy) is 1. The zero-order chi connectivity index (χ0) is 29.1. The number of nitrogens with one attached hydrogen (secondary N) is 3. The Balaban J connectivity index is 1.55. The van der Waals surface area contributed by atoms with E-state index < -0.39 is 76.7 Å². The van der Waals surface area contributed by atoms with E-state index in [4.69, 9.17) is 10.1 Å². The van der Waals surface area contributed by atoms with Crippen molar-refractivity contribution in [3.63, 3.8) is 0 Å². The predicted molar refractivity (Wildman–Crippen MR) is 121 cm³/mol. The molecule has 2 aromatic rings. The van der Waals surface area contributed by atoms with Crippen LogP contribution in [-0.4, -0.2) is 66.5 Å². The molecule has 1 aliphatic heterocycles. The van der Waals surface area contributed by atoms with Gasteiger partial charge in [0.2, 0.25) is 11.8 Å². The zero-order valence-corrected chi connectivity index (χ0v) is 20.3. The summed E-state index contributed by atoms with van der Waals surface area (Å²) in [5.41, 5.74) is -0.799. The molecular weight excluding hydrogens is 533 g/mol. The molecule has 15 nitrogen and oxygen atoms in total. The third-order valence-electron chi connectivity index (χ3n) is 5.92. The quantitative estimate of drug-likeness (QED) is 0.0856. The molecule has 1 aromatic heterocycles. The lowest BCUT2D eigenvalue weighted by Gasteiger charge is -2.43. The van der Waals surface area contributed by atoms with Gasteiger partial charge in [0, 0.05) is 24.1 Å². The van der Waals surface area contributed by atoms with Crippen LogP contribution in [0.3, 0.4) is 0 Å². The standard InChI is InChI=1S/C21H21F3N8O7/c1-9(17(34)15(25)19(36)39-8-11-3-5-12(6-4-11)32(37)38)16-14(18(35)27-16)10(2)26-13(33)7-31-20(21(22,23)24)28-29-30-31/h3-6,9-10,14,16,25H,7-8H2,1-2H3,(H,26,33)(H,27,35)/t9-,10-,14?,16?/m1/s1. The number of alkyl halides is 3. The first-order valence-corrected chi connectivity index (χ1v) is 11.2. The highest BCUT2D eigenvalue weighted by atomic mass is 19.4. The van der Waals surface area contributed by atoms with Gasteiger partial charge in [0.1, 0.15) is 13.2 Å². The van der Waals surface area contributed by atoms with Crippen molar-refractivity contribution in [1.82, 2.24) is 30.8 Å². The molecule has 0 bridgehead atoms. The third-order valence-corrected chi connectivity index (χ3v) is 5.92. The Morgan fingerprint density at radius 2 is 1.90 bits per heavy atom. The third kappa shape index (κ3) is 6.57. The zero-order valence-electron chi connectivity index (χ0n) is 20.3. The van der Waals surface area contributed by atoms with Crippen LogP contribution in [0, 0.1) is 27.4 Å². The van der Waals surface area contributed by atoms with Crippen LogP contribution in [0.2, 0.25) is 0 Å². The van der Waals surface area contributed by atoms with E-state index >= 15 is 0 Å². The molecule has 1 aliphatic rings. The summed E-state index contributed by atoms with van der Waals surface area (Å²) in [6.45, 7) is 1.51. The number of amides is 2. The number of Topliss-reactive ketones (excluding diaryl/α,β-unsaturated/α-hetero) is 1. The lowest BCUT2D eigenvalue weighted by Crippen LogP contribution is -2.68. The first-order chi connectivity index (χ1) is 18.2. The molecular formula is C21H21F3N8O7. The predicted octanol–water partition coefficient (Wildman–Crippen LogP) is 0.188. The number of tetrazole rings is 1. The lowest BCUT2D eigenvalue weighted by molar-refractivity contribution is -0.384. The molecule has 2 heterocycles. The highest BCUT2D eigenvalue weighted by molar-refractivity contribution is 6.63. The fourth-order valence-corrected chi connectivity index (χ4v) is 3.86. The molecule has 1 aromatic carbocycles. The highest BCUT2D eigenvalue weighted by Crippen LogP contribution is 2.28. The van der Waals surface area contributed by atoms with Crippen LogP contribution in [0.1, 0.15) is 25.2 Å². The van der Waals surface area contributed by atoms with Crippen molar-refractivity contribution in [1.29, 1.82) is 5.41 Å². The van der Waals surface area contributed by atoms with Gasteiger partial charge in [-0.1, -0.05) is 6.92 Å². The normalized spacial score (nSPS) is 18.2. The number of carbonyl (C=O) groups is 4. The average Bonchev–Trinajstić information content (AvgIpc) is 3.33. The van der Waals surface area contributed by atoms with Gasteiger partial charge < -0.3 is 15.4 Å². The summed E-state index contributed by atoms with van der Waals surface area (Å²) in [6, 6.07) is 3.22. The molecule has 18 heteroatoms. The number of ketones is 1. The molecule has 0 spiro atoms. The number of hydrogen-bond donors (Lipinski definition) is 3. The van der Waals surface area contributed by atoms with Crippen molar-refractivity contribution >= 4 is 35.0 Å². The smallest absolute Gasteiger partial charge is 0.453 e. The Bertz CT molecular complexity index is 1310. The van der Waals surface area contributed by atoms with Crippen molar-refractivity contribution in [2.75, 3.05) is 0 Å². The molecule has 4 atom stereocenters. The van der Waals surface area contributed by atoms with E-state index in [9.17, 15) is 42.5 Å². The van der Waals surface area contributed by atoms with Crippen LogP contribution in [0.25, 0.3) is 0 Å². The van der Waals surface area contributed by atoms with E-state index in [1.807, 2.05) is 0 Å². The number of halogens is 3. The number of hydrogen-bond acceptors (Lipinski definition) is 11. The van der Waals surface area contributed by atoms with E-state index in [0.717, 1.165) is 0 Å². The molecule has 2 amide bonds. The van der Waals surface area contributed by atoms with Crippen LogP contribution >= 0.6 is 0 Å². The molecule has 0 saturated carbocycles. The van der Waals surface area contributed by atoms with Crippen LogP contribution < -0.4 is 10.6 Å². The largest absolute Gasteiger partial charge is 0.456 e. The van der Waals surface area contributed by atoms with Gasteiger partial charge >= 0.3 is 12.1 Å². The van der Waals surface area contributed by atoms with E-state index in [1.54, 1.807) is 0 Å². The summed E-state index contributed by atoms with van der Waals surface area (Å²) < 4.78 is 43.9. The molecule has 208 valence electrons. The fraction of sp³-hybridized carbons (Fsp3) is 0.429. The number of non-ortho nitro benzene ring substituents is 1. The molecule has 0 radical (unpaired) electrons. The monoisotopic (exact) mass is 554 g/mol. The number of nitrogens with zero attached hydrogens (tertiary/aromatic N) is 5. The van der Waals surface area contributed by atoms with Gasteiger partial charge in [-0.3, -0.25) is 29.9 Å². The van der Waals surface area contributed by atoms with Crippen molar-refractivity contribution in [2.45, 2.75) is 45.3 Å². The second kappa shape index (κ2) is 11.3. The summed E-state index contributed by atoms with van der Waals surface area (Å²) in [7, 11) is 0. The molecule has 2 unspecified atom stereocenters. The second-order valence-electron chi connectivity index (χ2n) is 8.60. The van der Waals surface area contributed by atoms with E-state index in [-0.39, 0.29) is 17.0 Å². The fourth-order valence-electron chi connectivity index (χ4n) is 3.86. The molecule has 1 saturated heterocycles. The highest BCUT2D eigenvalue weighted by Gasteiger charge is 2.49. The number of nitro benzene ring substituents is 1. The second-order valence-corrected chi connectivity index (χ2v) is 8.60. The first kappa shape index (κ1) is 28.8. The summed E-state index contributed by atoms with van der Waals surface area (Å²) in [4.78, 5) is 59.5. The van der Waals surface area contributed by atoms with Crippen molar-refractivity contribution < 1.29 is 42.0 Å². The van der Waals surface area contributed by atoms with Crippen molar-refractivity contribution in [3.05, 3.63) is 45.8 Å². The number of aromatic nitrogens is 4. The summed E-state index contributed by atoms with van der Waals surface area (Å²) >= 11 is 0. The van der Waals surface area contributed by atoms with Crippen molar-refractivity contribution in [2.24, 2.45) is 11.8 Å². The van der Waals surface area contributed by atoms with E-state index in [1.165, 1.54) is 38.1 Å². The summed E-state index contributed by atoms with van der Waals surface area (Å²) in [5, 5.41) is 32.3. The Labute approximate surface area is 216 Å². The summed E-state index contributed by atoms with van der Waals surface area (Å²) in [5.74, 6) is -7.27. The van der Waals surface area contributed by atoms with E-state index in [2.05, 4.69) is 26.2 Å². The minimum Gasteiger partial charge on any atom is -0.456 e. The minimum atomic E-state index is -4.89. The van der Waals surface area contributed by atoms with Crippen LogP contribution in [0.5, 0.6) is 0 Å². The number of esters is 1. The van der Waals surface area contributed by atoms with Gasteiger partial charge in [-0.25, -0.2) is 9.48 Å². The number of carbonyl (C=O) groups excluding carboxylic acids is 4. The minimum absolute atomic E-state index is 0.175. The summed E-state index contributed by atoms with van der Waals surface area (Å²) in [6.07, 6.45) is -4.89. The lowest BCUT2D eigenvalue weighted by atomic mass is 9.75. The van der Waals surface area contributed by atoms with Gasteiger partial charge in [-0.05, 0) is 35.0 Å². The van der Waals surface area contributed by atoms with Gasteiger partial charge in [0.25, 0.3) is 11.5 Å². The molecule has 1 fully saturated rings. The van der Waals surface area contributed by atoms with Gasteiger partial charge in [0.05, 0.1) is 16.9 Å². The topological polar surface area (TPSA) is 212 Å². The van der Waals surface area contributed by atoms with Crippen LogP contribution in [0.4, 0.5) is 18.9 Å². The Morgan fingerprint density at radius 3 is 2.46 bits per heavy atom.